The van der Waals surface area contributed by atoms with Crippen molar-refractivity contribution in [2.75, 3.05) is 6.54 Å². The van der Waals surface area contributed by atoms with E-state index in [9.17, 15) is 4.39 Å². The van der Waals surface area contributed by atoms with Crippen molar-refractivity contribution in [3.05, 3.63) is 51.5 Å². The molecular formula is C15H19BrFN3. The molecule has 0 aliphatic heterocycles. The Morgan fingerprint density at radius 3 is 2.80 bits per heavy atom. The Bertz CT molecular complexity index is 595. The van der Waals surface area contributed by atoms with Gasteiger partial charge < -0.3 is 5.32 Å². The lowest BCUT2D eigenvalue weighted by Gasteiger charge is -2.20. The van der Waals surface area contributed by atoms with Crippen molar-refractivity contribution in [2.24, 2.45) is 0 Å². The van der Waals surface area contributed by atoms with Gasteiger partial charge in [-0.15, -0.1) is 0 Å². The maximum Gasteiger partial charge on any atom is 0.142 e. The summed E-state index contributed by atoms with van der Waals surface area (Å²) < 4.78 is 16.8. The SMILES string of the molecule is CCNC(c1cccc(Br)c1F)c1cc(C)nn1CC. The minimum Gasteiger partial charge on any atom is -0.305 e. The molecule has 0 fully saturated rings. The van der Waals surface area contributed by atoms with Crippen LogP contribution >= 0.6 is 15.9 Å². The molecule has 0 spiro atoms. The van der Waals surface area contributed by atoms with E-state index >= 15 is 0 Å². The third kappa shape index (κ3) is 2.94. The molecule has 0 saturated heterocycles. The highest BCUT2D eigenvalue weighted by molar-refractivity contribution is 9.10. The molecule has 0 radical (unpaired) electrons. The molecule has 2 rings (SSSR count). The average Bonchev–Trinajstić information content (AvgIpc) is 2.80. The first-order valence-electron chi connectivity index (χ1n) is 6.80. The van der Waals surface area contributed by atoms with Crippen LogP contribution in [0.5, 0.6) is 0 Å². The molecule has 108 valence electrons. The van der Waals surface area contributed by atoms with E-state index in [4.69, 9.17) is 0 Å². The van der Waals surface area contributed by atoms with Crippen LogP contribution in [0.4, 0.5) is 4.39 Å². The van der Waals surface area contributed by atoms with Crippen molar-refractivity contribution in [3.8, 4) is 0 Å². The van der Waals surface area contributed by atoms with Gasteiger partial charge in [0.2, 0.25) is 0 Å². The summed E-state index contributed by atoms with van der Waals surface area (Å²) in [5, 5.41) is 7.80. The second-order valence-corrected chi connectivity index (χ2v) is 5.51. The number of nitrogens with one attached hydrogen (secondary N) is 1. The van der Waals surface area contributed by atoms with Crippen molar-refractivity contribution >= 4 is 15.9 Å². The van der Waals surface area contributed by atoms with Crippen molar-refractivity contribution in [1.29, 1.82) is 0 Å². The first-order valence-corrected chi connectivity index (χ1v) is 7.59. The van der Waals surface area contributed by atoms with E-state index in [1.54, 1.807) is 6.07 Å². The van der Waals surface area contributed by atoms with Crippen molar-refractivity contribution < 1.29 is 4.39 Å². The highest BCUT2D eigenvalue weighted by Crippen LogP contribution is 2.28. The van der Waals surface area contributed by atoms with Gasteiger partial charge in [0.1, 0.15) is 5.82 Å². The Morgan fingerprint density at radius 2 is 2.15 bits per heavy atom. The Labute approximate surface area is 127 Å². The van der Waals surface area contributed by atoms with Crippen molar-refractivity contribution in [2.45, 2.75) is 33.4 Å². The van der Waals surface area contributed by atoms with Gasteiger partial charge in [0, 0.05) is 12.1 Å². The third-order valence-electron chi connectivity index (χ3n) is 3.23. The van der Waals surface area contributed by atoms with E-state index in [-0.39, 0.29) is 11.9 Å². The smallest absolute Gasteiger partial charge is 0.142 e. The molecule has 1 atom stereocenters. The van der Waals surface area contributed by atoms with Crippen LogP contribution in [0.25, 0.3) is 0 Å². The Kier molecular flexibility index (Phi) is 4.94. The van der Waals surface area contributed by atoms with Crippen molar-refractivity contribution in [1.82, 2.24) is 15.1 Å². The number of hydrogen-bond acceptors (Lipinski definition) is 2. The van der Waals surface area contributed by atoms with E-state index in [0.717, 1.165) is 24.5 Å². The maximum atomic E-state index is 14.4. The minimum absolute atomic E-state index is 0.196. The van der Waals surface area contributed by atoms with Crippen LogP contribution in [0.3, 0.4) is 0 Å². The quantitative estimate of drug-likeness (QED) is 0.897. The van der Waals surface area contributed by atoms with E-state index in [2.05, 4.69) is 26.3 Å². The third-order valence-corrected chi connectivity index (χ3v) is 3.84. The van der Waals surface area contributed by atoms with Crippen LogP contribution in [0.1, 0.15) is 36.8 Å². The van der Waals surface area contributed by atoms with Gasteiger partial charge in [-0.1, -0.05) is 19.1 Å². The van der Waals surface area contributed by atoms with Gasteiger partial charge in [-0.2, -0.15) is 5.10 Å². The Balaban J connectivity index is 2.53. The fourth-order valence-corrected chi connectivity index (χ4v) is 2.75. The molecule has 0 amide bonds. The molecule has 1 heterocycles. The largest absolute Gasteiger partial charge is 0.305 e. The molecule has 0 aliphatic carbocycles. The topological polar surface area (TPSA) is 29.9 Å². The van der Waals surface area contributed by atoms with Gasteiger partial charge >= 0.3 is 0 Å². The number of aryl methyl sites for hydroxylation is 2. The van der Waals surface area contributed by atoms with Gasteiger partial charge in [-0.3, -0.25) is 4.68 Å². The van der Waals surface area contributed by atoms with Crippen LogP contribution < -0.4 is 5.32 Å². The molecule has 1 unspecified atom stereocenters. The fourth-order valence-electron chi connectivity index (χ4n) is 2.37. The molecule has 1 aromatic carbocycles. The summed E-state index contributed by atoms with van der Waals surface area (Å²) in [6, 6.07) is 7.20. The van der Waals surface area contributed by atoms with E-state index in [1.165, 1.54) is 0 Å². The molecule has 5 heteroatoms. The summed E-state index contributed by atoms with van der Waals surface area (Å²) in [4.78, 5) is 0. The Hall–Kier alpha value is -1.20. The van der Waals surface area contributed by atoms with Crippen LogP contribution in [-0.4, -0.2) is 16.3 Å². The maximum absolute atomic E-state index is 14.4. The fraction of sp³-hybridized carbons (Fsp3) is 0.400. The molecule has 20 heavy (non-hydrogen) atoms. The zero-order chi connectivity index (χ0) is 14.7. The standard InChI is InChI=1S/C15H19BrFN3/c1-4-18-15(11-7-6-8-12(16)14(11)17)13-9-10(3)19-20(13)5-2/h6-9,15,18H,4-5H2,1-3H3. The minimum atomic E-state index is -0.222. The van der Waals surface area contributed by atoms with Crippen LogP contribution in [0, 0.1) is 12.7 Å². The van der Waals surface area contributed by atoms with E-state index in [0.29, 0.717) is 10.0 Å². The first-order chi connectivity index (χ1) is 9.58. The summed E-state index contributed by atoms with van der Waals surface area (Å²) in [5.74, 6) is -0.222. The van der Waals surface area contributed by atoms with E-state index in [1.807, 2.05) is 43.7 Å². The number of aromatic nitrogens is 2. The van der Waals surface area contributed by atoms with Crippen LogP contribution in [0.15, 0.2) is 28.7 Å². The molecule has 3 nitrogen and oxygen atoms in total. The van der Waals surface area contributed by atoms with Crippen LogP contribution in [0.2, 0.25) is 0 Å². The number of benzene rings is 1. The van der Waals surface area contributed by atoms with Crippen molar-refractivity contribution in [3.63, 3.8) is 0 Å². The molecule has 0 aliphatic rings. The zero-order valence-corrected chi connectivity index (χ0v) is 13.5. The summed E-state index contributed by atoms with van der Waals surface area (Å²) >= 11 is 3.25. The molecule has 2 aromatic rings. The lowest BCUT2D eigenvalue weighted by atomic mass is 10.0. The zero-order valence-electron chi connectivity index (χ0n) is 12.0. The van der Waals surface area contributed by atoms with Gasteiger partial charge in [0.15, 0.2) is 0 Å². The lowest BCUT2D eigenvalue weighted by molar-refractivity contribution is 0.513. The normalized spacial score (nSPS) is 12.7. The molecule has 0 saturated carbocycles. The highest BCUT2D eigenvalue weighted by Gasteiger charge is 2.22. The number of rotatable bonds is 5. The molecule has 1 aromatic heterocycles. The number of hydrogen-bond donors (Lipinski definition) is 1. The second kappa shape index (κ2) is 6.50. The monoisotopic (exact) mass is 339 g/mol. The number of halogens is 2. The predicted molar refractivity (Wildman–Crippen MR) is 82.3 cm³/mol. The first kappa shape index (κ1) is 15.2. The van der Waals surface area contributed by atoms with Crippen LogP contribution in [-0.2, 0) is 6.54 Å². The van der Waals surface area contributed by atoms with Gasteiger partial charge in [-0.05, 0) is 48.5 Å². The van der Waals surface area contributed by atoms with Gasteiger partial charge in [0.05, 0.1) is 21.9 Å². The predicted octanol–water partition coefficient (Wildman–Crippen LogP) is 3.81. The highest BCUT2D eigenvalue weighted by atomic mass is 79.9. The summed E-state index contributed by atoms with van der Waals surface area (Å²) in [6.45, 7) is 7.53. The van der Waals surface area contributed by atoms with Gasteiger partial charge in [0.25, 0.3) is 0 Å². The summed E-state index contributed by atoms with van der Waals surface area (Å²) in [6.07, 6.45) is 0. The summed E-state index contributed by atoms with van der Waals surface area (Å²) in [7, 11) is 0. The number of nitrogens with zero attached hydrogens (tertiary/aromatic N) is 2. The average molecular weight is 340 g/mol. The summed E-state index contributed by atoms with van der Waals surface area (Å²) in [5.41, 5.74) is 2.57. The lowest BCUT2D eigenvalue weighted by Crippen LogP contribution is -2.25. The molecule has 0 bridgehead atoms. The Morgan fingerprint density at radius 1 is 1.40 bits per heavy atom. The van der Waals surface area contributed by atoms with Gasteiger partial charge in [-0.25, -0.2) is 4.39 Å². The van der Waals surface area contributed by atoms with E-state index < -0.39 is 0 Å². The molecular weight excluding hydrogens is 321 g/mol. The molecule has 1 N–H and O–H groups in total. The second-order valence-electron chi connectivity index (χ2n) is 4.66.